The van der Waals surface area contributed by atoms with Gasteiger partial charge in [-0.05, 0) is 18.2 Å². The van der Waals surface area contributed by atoms with E-state index in [0.29, 0.717) is 19.4 Å². The normalized spacial score (nSPS) is 27.7. The SMILES string of the molecule is C1=CC2CN(c3ccc4c(c3)CNCO4)COC2C=C1. The Morgan fingerprint density at radius 3 is 3.15 bits per heavy atom. The van der Waals surface area contributed by atoms with Crippen molar-refractivity contribution in [3.63, 3.8) is 0 Å². The van der Waals surface area contributed by atoms with Crippen LogP contribution in [-0.4, -0.2) is 26.1 Å². The molecule has 4 rings (SSSR count). The van der Waals surface area contributed by atoms with Gasteiger partial charge < -0.3 is 14.4 Å². The van der Waals surface area contributed by atoms with Gasteiger partial charge in [0.15, 0.2) is 0 Å². The van der Waals surface area contributed by atoms with E-state index in [-0.39, 0.29) is 6.10 Å². The summed E-state index contributed by atoms with van der Waals surface area (Å²) >= 11 is 0. The van der Waals surface area contributed by atoms with Crippen LogP contribution in [0.4, 0.5) is 5.69 Å². The molecule has 1 saturated heterocycles. The summed E-state index contributed by atoms with van der Waals surface area (Å²) < 4.78 is 11.5. The average Bonchev–Trinajstić information content (AvgIpc) is 2.54. The summed E-state index contributed by atoms with van der Waals surface area (Å²) in [6.07, 6.45) is 8.79. The minimum Gasteiger partial charge on any atom is -0.478 e. The number of anilines is 1. The highest BCUT2D eigenvalue weighted by Crippen LogP contribution is 2.30. The van der Waals surface area contributed by atoms with Crippen LogP contribution in [0.15, 0.2) is 42.5 Å². The molecule has 0 radical (unpaired) electrons. The summed E-state index contributed by atoms with van der Waals surface area (Å²) in [6, 6.07) is 6.39. The third-order valence-corrected chi connectivity index (χ3v) is 4.10. The van der Waals surface area contributed by atoms with Crippen molar-refractivity contribution in [1.82, 2.24) is 5.32 Å². The Kier molecular flexibility index (Phi) is 2.98. The highest BCUT2D eigenvalue weighted by Gasteiger charge is 2.28. The Bertz CT molecular complexity index is 568. The van der Waals surface area contributed by atoms with Gasteiger partial charge in [-0.2, -0.15) is 0 Å². The maximum Gasteiger partial charge on any atom is 0.139 e. The molecule has 4 nitrogen and oxygen atoms in total. The van der Waals surface area contributed by atoms with Gasteiger partial charge >= 0.3 is 0 Å². The molecule has 4 heteroatoms. The number of nitrogens with zero attached hydrogens (tertiary/aromatic N) is 1. The Morgan fingerprint density at radius 2 is 2.15 bits per heavy atom. The molecule has 0 spiro atoms. The second-order valence-electron chi connectivity index (χ2n) is 5.42. The second-order valence-corrected chi connectivity index (χ2v) is 5.42. The molecule has 1 aliphatic carbocycles. The molecule has 1 fully saturated rings. The van der Waals surface area contributed by atoms with E-state index < -0.39 is 0 Å². The Balaban J connectivity index is 1.56. The second kappa shape index (κ2) is 4.96. The summed E-state index contributed by atoms with van der Waals surface area (Å²) in [6.45, 7) is 3.11. The van der Waals surface area contributed by atoms with E-state index in [4.69, 9.17) is 9.47 Å². The fourth-order valence-corrected chi connectivity index (χ4v) is 3.00. The van der Waals surface area contributed by atoms with Crippen molar-refractivity contribution >= 4 is 5.69 Å². The van der Waals surface area contributed by atoms with Gasteiger partial charge in [0, 0.05) is 30.3 Å². The molecule has 20 heavy (non-hydrogen) atoms. The summed E-state index contributed by atoms with van der Waals surface area (Å²) in [4.78, 5) is 2.29. The first-order chi connectivity index (χ1) is 9.90. The number of nitrogens with one attached hydrogen (secondary N) is 1. The lowest BCUT2D eigenvalue weighted by atomic mass is 9.95. The van der Waals surface area contributed by atoms with Gasteiger partial charge in [-0.25, -0.2) is 0 Å². The van der Waals surface area contributed by atoms with Crippen LogP contribution in [-0.2, 0) is 11.3 Å². The van der Waals surface area contributed by atoms with E-state index in [1.54, 1.807) is 0 Å². The minimum absolute atomic E-state index is 0.235. The fourth-order valence-electron chi connectivity index (χ4n) is 3.00. The molecule has 1 N–H and O–H groups in total. The standard InChI is InChI=1S/C16H18N2O2/c1-2-4-15-12(3-1)9-18(11-20-15)14-5-6-16-13(7-14)8-17-10-19-16/h1-7,12,15,17H,8-11H2. The molecule has 1 aromatic carbocycles. The molecule has 2 aliphatic heterocycles. The molecule has 3 aliphatic rings. The summed E-state index contributed by atoms with van der Waals surface area (Å²) in [5.41, 5.74) is 2.42. The number of rotatable bonds is 1. The van der Waals surface area contributed by atoms with Crippen molar-refractivity contribution in [2.75, 3.05) is 24.9 Å². The number of hydrogen-bond acceptors (Lipinski definition) is 4. The van der Waals surface area contributed by atoms with Gasteiger partial charge in [-0.15, -0.1) is 0 Å². The van der Waals surface area contributed by atoms with E-state index in [0.717, 1.165) is 18.8 Å². The first-order valence-electron chi connectivity index (χ1n) is 7.08. The van der Waals surface area contributed by atoms with Gasteiger partial charge in [0.05, 0.1) is 6.10 Å². The topological polar surface area (TPSA) is 33.7 Å². The molecule has 0 aromatic heterocycles. The van der Waals surface area contributed by atoms with Crippen molar-refractivity contribution in [3.8, 4) is 5.75 Å². The van der Waals surface area contributed by atoms with Crippen molar-refractivity contribution in [2.24, 2.45) is 5.92 Å². The van der Waals surface area contributed by atoms with Crippen LogP contribution in [0.3, 0.4) is 0 Å². The molecular formula is C16H18N2O2. The summed E-state index contributed by atoms with van der Waals surface area (Å²) in [7, 11) is 0. The van der Waals surface area contributed by atoms with E-state index in [1.807, 2.05) is 0 Å². The molecule has 2 heterocycles. The lowest BCUT2D eigenvalue weighted by molar-refractivity contribution is 0.0300. The summed E-state index contributed by atoms with van der Waals surface area (Å²) in [5.74, 6) is 1.43. The third-order valence-electron chi connectivity index (χ3n) is 4.10. The minimum atomic E-state index is 0.235. The van der Waals surface area contributed by atoms with E-state index in [1.165, 1.54) is 11.3 Å². The van der Waals surface area contributed by atoms with Crippen molar-refractivity contribution in [2.45, 2.75) is 12.6 Å². The number of allylic oxidation sites excluding steroid dienone is 2. The van der Waals surface area contributed by atoms with Gasteiger partial charge in [0.2, 0.25) is 0 Å². The van der Waals surface area contributed by atoms with Crippen molar-refractivity contribution in [3.05, 3.63) is 48.1 Å². The molecule has 2 unspecified atom stereocenters. The largest absolute Gasteiger partial charge is 0.478 e. The van der Waals surface area contributed by atoms with Crippen molar-refractivity contribution < 1.29 is 9.47 Å². The van der Waals surface area contributed by atoms with Gasteiger partial charge in [0.25, 0.3) is 0 Å². The van der Waals surface area contributed by atoms with Crippen LogP contribution >= 0.6 is 0 Å². The number of benzene rings is 1. The lowest BCUT2D eigenvalue weighted by Crippen LogP contribution is -2.44. The molecule has 1 aromatic rings. The number of ether oxygens (including phenoxy) is 2. The summed E-state index contributed by atoms with van der Waals surface area (Å²) in [5, 5.41) is 3.22. The maximum atomic E-state index is 5.93. The van der Waals surface area contributed by atoms with E-state index >= 15 is 0 Å². The van der Waals surface area contributed by atoms with Gasteiger partial charge in [0.1, 0.15) is 19.2 Å². The lowest BCUT2D eigenvalue weighted by Gasteiger charge is -2.38. The first kappa shape index (κ1) is 12.0. The van der Waals surface area contributed by atoms with Crippen molar-refractivity contribution in [1.29, 1.82) is 0 Å². The quantitative estimate of drug-likeness (QED) is 0.846. The monoisotopic (exact) mass is 270 g/mol. The Hall–Kier alpha value is -1.78. The van der Waals surface area contributed by atoms with Crippen LogP contribution in [0.1, 0.15) is 5.56 Å². The molecule has 104 valence electrons. The van der Waals surface area contributed by atoms with E-state index in [9.17, 15) is 0 Å². The van der Waals surface area contributed by atoms with Crippen LogP contribution in [0.25, 0.3) is 0 Å². The zero-order valence-electron chi connectivity index (χ0n) is 11.3. The number of hydrogen-bond donors (Lipinski definition) is 1. The molecular weight excluding hydrogens is 252 g/mol. The zero-order chi connectivity index (χ0) is 13.4. The average molecular weight is 270 g/mol. The molecule has 2 atom stereocenters. The Labute approximate surface area is 118 Å². The molecule has 0 bridgehead atoms. The maximum absolute atomic E-state index is 5.93. The number of fused-ring (bicyclic) bond motifs is 2. The highest BCUT2D eigenvalue weighted by atomic mass is 16.5. The highest BCUT2D eigenvalue weighted by molar-refractivity contribution is 5.54. The molecule has 0 saturated carbocycles. The third kappa shape index (κ3) is 2.11. The van der Waals surface area contributed by atoms with Crippen LogP contribution in [0, 0.1) is 5.92 Å². The van der Waals surface area contributed by atoms with Crippen LogP contribution < -0.4 is 15.0 Å². The van der Waals surface area contributed by atoms with E-state index in [2.05, 4.69) is 52.7 Å². The van der Waals surface area contributed by atoms with Crippen LogP contribution in [0.2, 0.25) is 0 Å². The fraction of sp³-hybridized carbons (Fsp3) is 0.375. The smallest absolute Gasteiger partial charge is 0.139 e. The van der Waals surface area contributed by atoms with Crippen LogP contribution in [0.5, 0.6) is 5.75 Å². The Morgan fingerprint density at radius 1 is 1.20 bits per heavy atom. The first-order valence-corrected chi connectivity index (χ1v) is 7.08. The van der Waals surface area contributed by atoms with Gasteiger partial charge in [-0.3, -0.25) is 5.32 Å². The zero-order valence-corrected chi connectivity index (χ0v) is 11.3. The van der Waals surface area contributed by atoms with Gasteiger partial charge in [-0.1, -0.05) is 24.3 Å². The predicted octanol–water partition coefficient (Wildman–Crippen LogP) is 2.03. The molecule has 0 amide bonds. The predicted molar refractivity (Wildman–Crippen MR) is 77.6 cm³/mol.